The van der Waals surface area contributed by atoms with E-state index in [2.05, 4.69) is 43.9 Å². The van der Waals surface area contributed by atoms with Crippen molar-refractivity contribution < 1.29 is 43.7 Å². The second-order valence-electron chi connectivity index (χ2n) is 10.8. The average Bonchev–Trinajstić information content (AvgIpc) is 2.98. The number of nitrogens with one attached hydrogen (secondary N) is 4. The van der Waals surface area contributed by atoms with Crippen molar-refractivity contribution in [1.29, 1.82) is 0 Å². The van der Waals surface area contributed by atoms with Gasteiger partial charge in [0, 0.05) is 35.3 Å². The Labute approximate surface area is 269 Å². The zero-order chi connectivity index (χ0) is 32.5. The fourth-order valence-electron chi connectivity index (χ4n) is 4.96. The first-order valence-corrected chi connectivity index (χ1v) is 15.7. The second-order valence-corrected chi connectivity index (χ2v) is 12.0. The Hall–Kier alpha value is -3.47. The molecule has 244 valence electrons. The number of aliphatic carboxylic acids is 2. The maximum atomic E-state index is 13.2. The van der Waals surface area contributed by atoms with Gasteiger partial charge in [0.25, 0.3) is 6.47 Å². The molecule has 0 radical (unpaired) electrons. The van der Waals surface area contributed by atoms with Gasteiger partial charge in [0.15, 0.2) is 6.23 Å². The van der Waals surface area contributed by atoms with E-state index < -0.39 is 42.7 Å². The highest BCUT2D eigenvalue weighted by molar-refractivity contribution is 14.1. The maximum Gasteiger partial charge on any atom is 0.326 e. The van der Waals surface area contributed by atoms with E-state index in [1.807, 2.05) is 24.3 Å². The Morgan fingerprint density at radius 2 is 1.73 bits per heavy atom. The van der Waals surface area contributed by atoms with E-state index in [1.54, 1.807) is 0 Å². The highest BCUT2D eigenvalue weighted by Gasteiger charge is 2.29. The van der Waals surface area contributed by atoms with E-state index in [4.69, 9.17) is 15.6 Å². The Balaban J connectivity index is 1.87. The van der Waals surface area contributed by atoms with Crippen LogP contribution in [-0.4, -0.2) is 77.9 Å². The fraction of sp³-hybridized carbons (Fsp3) is 0.586. The monoisotopic (exact) mass is 731 g/mol. The Bertz CT molecular complexity index is 1130. The first kappa shape index (κ1) is 36.7. The second kappa shape index (κ2) is 19.7. The molecule has 0 heterocycles. The van der Waals surface area contributed by atoms with Crippen molar-refractivity contribution in [2.24, 2.45) is 17.6 Å². The summed E-state index contributed by atoms with van der Waals surface area (Å²) in [6.07, 6.45) is 2.76. The third kappa shape index (κ3) is 13.9. The standard InChI is InChI=1S/C29H42IN5O9/c30-21-5-3-4-19(14-21)15-23(33-26(39)20-9-7-18(16-31)8-10-20)27(40)32-13-2-1-6-24(44-17-36)35-29(43)34-22(28(41)42)11-12-25(37)38/h3-5,14,17-18,20,22-24H,1-2,6-13,15-16,31H2,(H,32,40)(H,33,39)(H,37,38)(H,41,42)(H2,34,35,43)/t18?,20?,22-,23-,24+/m0/s1. The number of ether oxygens (including phenoxy) is 1. The quantitative estimate of drug-likeness (QED) is 0.0470. The van der Waals surface area contributed by atoms with Crippen molar-refractivity contribution in [1.82, 2.24) is 21.3 Å². The van der Waals surface area contributed by atoms with Crippen LogP contribution in [0.5, 0.6) is 0 Å². The van der Waals surface area contributed by atoms with Crippen LogP contribution in [-0.2, 0) is 35.1 Å². The third-order valence-electron chi connectivity index (χ3n) is 7.47. The molecule has 15 heteroatoms. The third-order valence-corrected chi connectivity index (χ3v) is 8.14. The van der Waals surface area contributed by atoms with Crippen molar-refractivity contribution in [3.05, 3.63) is 33.4 Å². The summed E-state index contributed by atoms with van der Waals surface area (Å²) in [6.45, 7) is 1.01. The molecule has 1 aromatic rings. The molecule has 8 N–H and O–H groups in total. The van der Waals surface area contributed by atoms with Gasteiger partial charge in [-0.2, -0.15) is 0 Å². The van der Waals surface area contributed by atoms with Gasteiger partial charge >= 0.3 is 18.0 Å². The minimum absolute atomic E-state index is 0.141. The molecule has 0 bridgehead atoms. The van der Waals surface area contributed by atoms with Crippen LogP contribution in [0.15, 0.2) is 24.3 Å². The molecule has 2 rings (SSSR count). The summed E-state index contributed by atoms with van der Waals surface area (Å²) in [7, 11) is 0. The number of carbonyl (C=O) groups excluding carboxylic acids is 4. The van der Waals surface area contributed by atoms with E-state index in [0.29, 0.717) is 31.7 Å². The van der Waals surface area contributed by atoms with Crippen LogP contribution in [0.3, 0.4) is 0 Å². The molecular weight excluding hydrogens is 689 g/mol. The maximum absolute atomic E-state index is 13.2. The number of hydrogen-bond acceptors (Lipinski definition) is 8. The average molecular weight is 732 g/mol. The molecule has 1 aliphatic carbocycles. The number of amides is 4. The van der Waals surface area contributed by atoms with Crippen molar-refractivity contribution in [2.75, 3.05) is 13.1 Å². The van der Waals surface area contributed by atoms with E-state index in [-0.39, 0.29) is 43.6 Å². The predicted octanol–water partition coefficient (Wildman–Crippen LogP) is 1.49. The van der Waals surface area contributed by atoms with E-state index in [9.17, 15) is 33.9 Å². The van der Waals surface area contributed by atoms with Crippen LogP contribution in [0.1, 0.15) is 63.4 Å². The minimum atomic E-state index is -1.44. The largest absolute Gasteiger partial charge is 0.481 e. The molecule has 44 heavy (non-hydrogen) atoms. The number of unbranched alkanes of at least 4 members (excludes halogenated alkanes) is 1. The SMILES string of the molecule is NCC1CCC(C(=O)N[C@@H](Cc2cccc(I)c2)C(=O)NCCCC[C@H](NC(=O)N[C@@H](CCC(=O)O)C(=O)O)OC=O)CC1. The normalized spacial score (nSPS) is 18.1. The van der Waals surface area contributed by atoms with Gasteiger partial charge in [-0.15, -0.1) is 0 Å². The molecule has 3 atom stereocenters. The lowest BCUT2D eigenvalue weighted by Crippen LogP contribution is -2.50. The lowest BCUT2D eigenvalue weighted by Gasteiger charge is -2.28. The molecule has 1 saturated carbocycles. The molecule has 0 spiro atoms. The summed E-state index contributed by atoms with van der Waals surface area (Å²) in [5.74, 6) is -2.81. The molecular formula is C29H42IN5O9. The van der Waals surface area contributed by atoms with Gasteiger partial charge in [-0.1, -0.05) is 12.1 Å². The Morgan fingerprint density at radius 3 is 2.34 bits per heavy atom. The lowest BCUT2D eigenvalue weighted by molar-refractivity contribution is -0.141. The Kier molecular flexibility index (Phi) is 16.5. The smallest absolute Gasteiger partial charge is 0.326 e. The molecule has 1 aromatic carbocycles. The summed E-state index contributed by atoms with van der Waals surface area (Å²) in [6, 6.07) is 4.56. The topological polar surface area (TPSA) is 226 Å². The van der Waals surface area contributed by atoms with Crippen LogP contribution in [0, 0.1) is 15.4 Å². The number of carboxylic acids is 2. The number of urea groups is 1. The molecule has 14 nitrogen and oxygen atoms in total. The highest BCUT2D eigenvalue weighted by Crippen LogP contribution is 2.28. The number of nitrogens with two attached hydrogens (primary N) is 1. The zero-order valence-electron chi connectivity index (χ0n) is 24.5. The van der Waals surface area contributed by atoms with E-state index in [0.717, 1.165) is 34.8 Å². The molecule has 4 amide bonds. The van der Waals surface area contributed by atoms with Crippen molar-refractivity contribution in [3.63, 3.8) is 0 Å². The summed E-state index contributed by atoms with van der Waals surface area (Å²) < 4.78 is 5.89. The molecule has 1 fully saturated rings. The van der Waals surface area contributed by atoms with Crippen LogP contribution in [0.2, 0.25) is 0 Å². The van der Waals surface area contributed by atoms with Crippen LogP contribution in [0.25, 0.3) is 0 Å². The van der Waals surface area contributed by atoms with Gasteiger partial charge in [0.2, 0.25) is 11.8 Å². The summed E-state index contributed by atoms with van der Waals surface area (Å²) >= 11 is 2.19. The lowest BCUT2D eigenvalue weighted by atomic mass is 9.81. The van der Waals surface area contributed by atoms with Crippen molar-refractivity contribution in [3.8, 4) is 0 Å². The number of rotatable bonds is 19. The van der Waals surface area contributed by atoms with Gasteiger partial charge in [0.1, 0.15) is 12.1 Å². The number of benzene rings is 1. The number of halogens is 1. The van der Waals surface area contributed by atoms with E-state index in [1.165, 1.54) is 0 Å². The van der Waals surface area contributed by atoms with Crippen LogP contribution in [0.4, 0.5) is 4.79 Å². The minimum Gasteiger partial charge on any atom is -0.481 e. The molecule has 0 unspecified atom stereocenters. The van der Waals surface area contributed by atoms with Crippen molar-refractivity contribution >= 4 is 58.8 Å². The highest BCUT2D eigenvalue weighted by atomic mass is 127. The van der Waals surface area contributed by atoms with Gasteiger partial charge < -0.3 is 42.0 Å². The molecule has 0 aromatic heterocycles. The predicted molar refractivity (Wildman–Crippen MR) is 167 cm³/mol. The van der Waals surface area contributed by atoms with Crippen molar-refractivity contribution in [2.45, 2.75) is 82.5 Å². The van der Waals surface area contributed by atoms with Gasteiger partial charge in [-0.05, 0) is 97.7 Å². The molecule has 0 saturated heterocycles. The van der Waals surface area contributed by atoms with Gasteiger partial charge in [-0.25, -0.2) is 9.59 Å². The Morgan fingerprint density at radius 1 is 1.00 bits per heavy atom. The van der Waals surface area contributed by atoms with Gasteiger partial charge in [0.05, 0.1) is 0 Å². The van der Waals surface area contributed by atoms with Crippen LogP contribution >= 0.6 is 22.6 Å². The van der Waals surface area contributed by atoms with Crippen LogP contribution < -0.4 is 27.0 Å². The zero-order valence-corrected chi connectivity index (χ0v) is 26.6. The fourth-order valence-corrected chi connectivity index (χ4v) is 5.57. The number of carboxylic acid groups (broad SMARTS) is 2. The number of hydrogen-bond donors (Lipinski definition) is 7. The summed E-state index contributed by atoms with van der Waals surface area (Å²) in [5, 5.41) is 28.3. The summed E-state index contributed by atoms with van der Waals surface area (Å²) in [5.41, 5.74) is 6.69. The molecule has 1 aliphatic rings. The van der Waals surface area contributed by atoms with Gasteiger partial charge in [-0.3, -0.25) is 19.2 Å². The molecule has 0 aliphatic heterocycles. The van der Waals surface area contributed by atoms with E-state index >= 15 is 0 Å². The number of carbonyl (C=O) groups is 6. The first-order chi connectivity index (χ1) is 21.0. The first-order valence-electron chi connectivity index (χ1n) is 14.7. The summed E-state index contributed by atoms with van der Waals surface area (Å²) in [4.78, 5) is 71.4.